The molecule has 0 aromatic heterocycles. The fourth-order valence-electron chi connectivity index (χ4n) is 3.56. The van der Waals surface area contributed by atoms with Gasteiger partial charge in [-0.1, -0.05) is 23.9 Å². The van der Waals surface area contributed by atoms with Crippen LogP contribution in [0.2, 0.25) is 0 Å². The molecule has 1 fully saturated rings. The second kappa shape index (κ2) is 11.7. The summed E-state index contributed by atoms with van der Waals surface area (Å²) in [4.78, 5) is 32.4. The molecule has 4 rings (SSSR count). The molecule has 7 nitrogen and oxygen atoms in total. The van der Waals surface area contributed by atoms with Gasteiger partial charge < -0.3 is 14.8 Å². The van der Waals surface area contributed by atoms with Crippen LogP contribution in [0.3, 0.4) is 0 Å². The van der Waals surface area contributed by atoms with Gasteiger partial charge in [0.05, 0.1) is 25.9 Å². The van der Waals surface area contributed by atoms with E-state index >= 15 is 0 Å². The first-order valence-corrected chi connectivity index (χ1v) is 12.3. The summed E-state index contributed by atoms with van der Waals surface area (Å²) in [6.07, 6.45) is 0.0200. The van der Waals surface area contributed by atoms with E-state index in [0.29, 0.717) is 34.6 Å². The highest BCUT2D eigenvalue weighted by molar-refractivity contribution is 8.15. The van der Waals surface area contributed by atoms with Crippen LogP contribution < -0.4 is 14.8 Å². The first-order chi connectivity index (χ1) is 17.4. The predicted molar refractivity (Wildman–Crippen MR) is 139 cm³/mol. The Morgan fingerprint density at radius 3 is 2.36 bits per heavy atom. The van der Waals surface area contributed by atoms with E-state index in [4.69, 9.17) is 9.47 Å². The fourth-order valence-corrected chi connectivity index (χ4v) is 4.66. The van der Waals surface area contributed by atoms with Crippen LogP contribution in [0.1, 0.15) is 18.9 Å². The van der Waals surface area contributed by atoms with Crippen molar-refractivity contribution in [2.24, 2.45) is 4.99 Å². The van der Waals surface area contributed by atoms with E-state index in [1.165, 1.54) is 36.0 Å². The van der Waals surface area contributed by atoms with E-state index in [9.17, 15) is 14.0 Å². The highest BCUT2D eigenvalue weighted by Gasteiger charge is 2.36. The van der Waals surface area contributed by atoms with Gasteiger partial charge in [-0.05, 0) is 73.2 Å². The molecule has 1 N–H and O–H groups in total. The van der Waals surface area contributed by atoms with Crippen molar-refractivity contribution in [1.29, 1.82) is 0 Å². The van der Waals surface area contributed by atoms with Gasteiger partial charge in [0.25, 0.3) is 0 Å². The number of hydrogen-bond acceptors (Lipinski definition) is 6. The average Bonchev–Trinajstić information content (AvgIpc) is 2.89. The number of carbonyl (C=O) groups excluding carboxylic acids is 2. The van der Waals surface area contributed by atoms with E-state index in [0.717, 1.165) is 5.56 Å². The molecule has 1 unspecified atom stereocenters. The molecule has 1 heterocycles. The number of carbonyl (C=O) groups is 2. The molecular weight excluding hydrogens is 481 g/mol. The number of amides is 2. The van der Waals surface area contributed by atoms with Crippen LogP contribution in [0.15, 0.2) is 77.8 Å². The quantitative estimate of drug-likeness (QED) is 0.442. The summed E-state index contributed by atoms with van der Waals surface area (Å²) in [7, 11) is 1.59. The predicted octanol–water partition coefficient (Wildman–Crippen LogP) is 5.39. The third-order valence-corrected chi connectivity index (χ3v) is 6.60. The largest absolute Gasteiger partial charge is 0.497 e. The van der Waals surface area contributed by atoms with Gasteiger partial charge in [0.2, 0.25) is 11.8 Å². The van der Waals surface area contributed by atoms with Gasteiger partial charge in [-0.3, -0.25) is 14.5 Å². The first-order valence-electron chi connectivity index (χ1n) is 11.4. The Morgan fingerprint density at radius 1 is 1.06 bits per heavy atom. The summed E-state index contributed by atoms with van der Waals surface area (Å²) in [5.74, 6) is 0.518. The monoisotopic (exact) mass is 507 g/mol. The van der Waals surface area contributed by atoms with Gasteiger partial charge in [0.15, 0.2) is 5.17 Å². The highest BCUT2D eigenvalue weighted by Crippen LogP contribution is 2.31. The highest BCUT2D eigenvalue weighted by atomic mass is 32.2. The molecule has 0 radical (unpaired) electrons. The molecule has 0 saturated carbocycles. The van der Waals surface area contributed by atoms with Crippen molar-refractivity contribution in [2.75, 3.05) is 19.0 Å². The van der Waals surface area contributed by atoms with Gasteiger partial charge in [-0.2, -0.15) is 0 Å². The number of ether oxygens (including phenoxy) is 2. The SMILES string of the molecule is CCOc1ccc(NC(=O)C2CC(=O)N(Cc3ccc(OC)cc3)C(=Nc3ccc(F)cc3)S2)cc1. The van der Waals surface area contributed by atoms with E-state index in [1.807, 2.05) is 31.2 Å². The number of benzene rings is 3. The number of anilines is 1. The lowest BCUT2D eigenvalue weighted by molar-refractivity contribution is -0.129. The number of nitrogens with zero attached hydrogens (tertiary/aromatic N) is 2. The number of aliphatic imine (C=N–C) groups is 1. The normalized spacial score (nSPS) is 16.6. The Labute approximate surface area is 213 Å². The molecule has 1 saturated heterocycles. The average molecular weight is 508 g/mol. The van der Waals surface area contributed by atoms with E-state index in [2.05, 4.69) is 10.3 Å². The fraction of sp³-hybridized carbons (Fsp3) is 0.222. The van der Waals surface area contributed by atoms with Crippen molar-refractivity contribution in [2.45, 2.75) is 25.1 Å². The summed E-state index contributed by atoms with van der Waals surface area (Å²) in [5, 5.41) is 2.57. The second-order valence-electron chi connectivity index (χ2n) is 7.96. The Bertz CT molecular complexity index is 1230. The maximum Gasteiger partial charge on any atom is 0.238 e. The number of halogens is 1. The Hall–Kier alpha value is -3.85. The Balaban J connectivity index is 1.55. The van der Waals surface area contributed by atoms with Crippen LogP contribution >= 0.6 is 11.8 Å². The molecule has 1 atom stereocenters. The smallest absolute Gasteiger partial charge is 0.238 e. The van der Waals surface area contributed by atoms with Crippen LogP contribution in [-0.2, 0) is 16.1 Å². The minimum absolute atomic E-state index is 0.0200. The minimum atomic E-state index is -0.671. The van der Waals surface area contributed by atoms with Crippen molar-refractivity contribution in [3.8, 4) is 11.5 Å². The molecule has 36 heavy (non-hydrogen) atoms. The van der Waals surface area contributed by atoms with Crippen LogP contribution in [0.25, 0.3) is 0 Å². The zero-order valence-electron chi connectivity index (χ0n) is 19.9. The van der Waals surface area contributed by atoms with Crippen molar-refractivity contribution >= 4 is 40.1 Å². The Kier molecular flexibility index (Phi) is 8.22. The third-order valence-electron chi connectivity index (χ3n) is 5.42. The number of thioether (sulfide) groups is 1. The van der Waals surface area contributed by atoms with Gasteiger partial charge in [-0.15, -0.1) is 0 Å². The van der Waals surface area contributed by atoms with Crippen molar-refractivity contribution in [1.82, 2.24) is 4.90 Å². The van der Waals surface area contributed by atoms with Crippen LogP contribution in [-0.4, -0.2) is 40.8 Å². The van der Waals surface area contributed by atoms with Crippen LogP contribution in [0, 0.1) is 5.82 Å². The Morgan fingerprint density at radius 2 is 1.72 bits per heavy atom. The molecule has 3 aromatic carbocycles. The van der Waals surface area contributed by atoms with Gasteiger partial charge in [0.1, 0.15) is 22.6 Å². The molecule has 1 aliphatic heterocycles. The standard InChI is InChI=1S/C27H26FN3O4S/c1-3-35-23-14-10-20(11-15-23)29-26(33)24-16-25(32)31(17-18-4-12-22(34-2)13-5-18)27(36-24)30-21-8-6-19(28)7-9-21/h4-15,24H,3,16-17H2,1-2H3,(H,29,33). The summed E-state index contributed by atoms with van der Waals surface area (Å²) < 4.78 is 24.0. The molecular formula is C27H26FN3O4S. The zero-order chi connectivity index (χ0) is 25.5. The first kappa shape index (κ1) is 25.2. The summed E-state index contributed by atoms with van der Waals surface area (Å²) >= 11 is 1.21. The van der Waals surface area contributed by atoms with Gasteiger partial charge in [0, 0.05) is 12.1 Å². The lowest BCUT2D eigenvalue weighted by Gasteiger charge is -2.32. The second-order valence-corrected chi connectivity index (χ2v) is 9.13. The van der Waals surface area contributed by atoms with Gasteiger partial charge >= 0.3 is 0 Å². The lowest BCUT2D eigenvalue weighted by Crippen LogP contribution is -2.44. The van der Waals surface area contributed by atoms with Crippen molar-refractivity contribution in [3.05, 3.63) is 84.2 Å². The molecule has 186 valence electrons. The topological polar surface area (TPSA) is 80.2 Å². The number of hydrogen-bond donors (Lipinski definition) is 1. The summed E-state index contributed by atoms with van der Waals surface area (Å²) in [6, 6.07) is 20.1. The third kappa shape index (κ3) is 6.42. The van der Waals surface area contributed by atoms with Crippen molar-refractivity contribution in [3.63, 3.8) is 0 Å². The minimum Gasteiger partial charge on any atom is -0.497 e. The lowest BCUT2D eigenvalue weighted by atomic mass is 10.2. The molecule has 3 aromatic rings. The molecule has 0 spiro atoms. The zero-order valence-corrected chi connectivity index (χ0v) is 20.8. The molecule has 9 heteroatoms. The summed E-state index contributed by atoms with van der Waals surface area (Å²) in [6.45, 7) is 2.73. The number of methoxy groups -OCH3 is 1. The maximum absolute atomic E-state index is 13.4. The van der Waals surface area contributed by atoms with E-state index < -0.39 is 5.25 Å². The number of amidine groups is 1. The van der Waals surface area contributed by atoms with Crippen LogP contribution in [0.5, 0.6) is 11.5 Å². The molecule has 1 aliphatic rings. The molecule has 0 bridgehead atoms. The summed E-state index contributed by atoms with van der Waals surface area (Å²) in [5.41, 5.74) is 1.97. The van der Waals surface area contributed by atoms with E-state index in [-0.39, 0.29) is 30.6 Å². The van der Waals surface area contributed by atoms with E-state index in [1.54, 1.807) is 36.3 Å². The maximum atomic E-state index is 13.4. The number of nitrogens with one attached hydrogen (secondary N) is 1. The van der Waals surface area contributed by atoms with Gasteiger partial charge in [-0.25, -0.2) is 9.38 Å². The molecule has 2 amide bonds. The van der Waals surface area contributed by atoms with Crippen LogP contribution in [0.4, 0.5) is 15.8 Å². The molecule has 0 aliphatic carbocycles. The van der Waals surface area contributed by atoms with Crippen molar-refractivity contribution < 1.29 is 23.5 Å². The number of rotatable bonds is 8.